The lowest BCUT2D eigenvalue weighted by Crippen LogP contribution is -2.41. The van der Waals surface area contributed by atoms with E-state index < -0.39 is 0 Å². The van der Waals surface area contributed by atoms with E-state index in [-0.39, 0.29) is 18.3 Å². The SMILES string of the molecule is COc1ccc(CN2CCCN(CC3CCCNC3)CC2=O)cc1.Cl. The summed E-state index contributed by atoms with van der Waals surface area (Å²) in [6.07, 6.45) is 3.60. The van der Waals surface area contributed by atoms with Crippen molar-refractivity contribution in [3.63, 3.8) is 0 Å². The van der Waals surface area contributed by atoms with E-state index in [1.165, 1.54) is 12.8 Å². The van der Waals surface area contributed by atoms with Crippen LogP contribution >= 0.6 is 12.4 Å². The maximum absolute atomic E-state index is 12.6. The second kappa shape index (κ2) is 10.00. The van der Waals surface area contributed by atoms with Gasteiger partial charge in [-0.1, -0.05) is 12.1 Å². The molecular weight excluding hydrogens is 338 g/mol. The second-order valence-corrected chi connectivity index (χ2v) is 6.96. The number of hydrogen-bond donors (Lipinski definition) is 1. The fraction of sp³-hybridized carbons (Fsp3) is 0.632. The van der Waals surface area contributed by atoms with Crippen molar-refractivity contribution in [2.75, 3.05) is 46.4 Å². The van der Waals surface area contributed by atoms with Gasteiger partial charge in [0.2, 0.25) is 5.91 Å². The Morgan fingerprint density at radius 1 is 1.20 bits per heavy atom. The van der Waals surface area contributed by atoms with Crippen LogP contribution in [0.3, 0.4) is 0 Å². The van der Waals surface area contributed by atoms with Crippen LogP contribution in [0.2, 0.25) is 0 Å². The minimum absolute atomic E-state index is 0. The van der Waals surface area contributed by atoms with Gasteiger partial charge in [-0.3, -0.25) is 9.69 Å². The van der Waals surface area contributed by atoms with Crippen molar-refractivity contribution in [3.8, 4) is 5.75 Å². The van der Waals surface area contributed by atoms with Gasteiger partial charge < -0.3 is 15.0 Å². The van der Waals surface area contributed by atoms with Crippen LogP contribution in [0.25, 0.3) is 0 Å². The topological polar surface area (TPSA) is 44.8 Å². The van der Waals surface area contributed by atoms with E-state index in [0.717, 1.165) is 50.5 Å². The summed E-state index contributed by atoms with van der Waals surface area (Å²) in [5.41, 5.74) is 1.16. The normalized spacial score (nSPS) is 22.2. The number of halogens is 1. The molecule has 2 saturated heterocycles. The number of piperidine rings is 1. The van der Waals surface area contributed by atoms with Crippen LogP contribution in [0.4, 0.5) is 0 Å². The standard InChI is InChI=1S/C19H29N3O2.ClH/c1-24-18-7-5-16(6-8-18)14-22-11-3-10-21(15-19(22)23)13-17-4-2-9-20-12-17;/h5-8,17,20H,2-4,9-15H2,1H3;1H. The first-order valence-electron chi connectivity index (χ1n) is 9.08. The molecule has 5 nitrogen and oxygen atoms in total. The summed E-state index contributed by atoms with van der Waals surface area (Å²) in [7, 11) is 1.67. The molecule has 2 aliphatic rings. The lowest BCUT2D eigenvalue weighted by atomic mass is 9.99. The number of carbonyl (C=O) groups is 1. The molecule has 0 radical (unpaired) electrons. The van der Waals surface area contributed by atoms with Crippen molar-refractivity contribution in [1.29, 1.82) is 0 Å². The average molecular weight is 368 g/mol. The van der Waals surface area contributed by atoms with Crippen LogP contribution in [0.5, 0.6) is 5.75 Å². The summed E-state index contributed by atoms with van der Waals surface area (Å²) in [4.78, 5) is 17.0. The van der Waals surface area contributed by atoms with Gasteiger partial charge in [0.1, 0.15) is 5.75 Å². The Hall–Kier alpha value is -1.30. The molecule has 1 aromatic rings. The molecule has 1 unspecified atom stereocenters. The zero-order valence-corrected chi connectivity index (χ0v) is 15.9. The highest BCUT2D eigenvalue weighted by Gasteiger charge is 2.24. The minimum atomic E-state index is 0. The lowest BCUT2D eigenvalue weighted by Gasteiger charge is -2.29. The molecule has 1 atom stereocenters. The maximum atomic E-state index is 12.6. The Balaban J connectivity index is 0.00000225. The van der Waals surface area contributed by atoms with Crippen LogP contribution in [-0.4, -0.2) is 62.1 Å². The molecule has 0 aliphatic carbocycles. The Labute approximate surface area is 157 Å². The predicted octanol–water partition coefficient (Wildman–Crippen LogP) is 2.15. The lowest BCUT2D eigenvalue weighted by molar-refractivity contribution is -0.131. The molecule has 3 rings (SSSR count). The van der Waals surface area contributed by atoms with Crippen LogP contribution < -0.4 is 10.1 Å². The highest BCUT2D eigenvalue weighted by atomic mass is 35.5. The molecule has 2 aliphatic heterocycles. The summed E-state index contributed by atoms with van der Waals surface area (Å²) in [5, 5.41) is 3.47. The molecule has 2 fully saturated rings. The maximum Gasteiger partial charge on any atom is 0.237 e. The van der Waals surface area contributed by atoms with Gasteiger partial charge >= 0.3 is 0 Å². The number of amides is 1. The van der Waals surface area contributed by atoms with Crippen molar-refractivity contribution in [2.45, 2.75) is 25.8 Å². The van der Waals surface area contributed by atoms with E-state index >= 15 is 0 Å². The number of ether oxygens (including phenoxy) is 1. The summed E-state index contributed by atoms with van der Waals surface area (Å²) >= 11 is 0. The summed E-state index contributed by atoms with van der Waals surface area (Å²) < 4.78 is 5.19. The largest absolute Gasteiger partial charge is 0.497 e. The number of nitrogens with zero attached hydrogens (tertiary/aromatic N) is 2. The molecule has 1 N–H and O–H groups in total. The van der Waals surface area contributed by atoms with E-state index in [2.05, 4.69) is 10.2 Å². The van der Waals surface area contributed by atoms with E-state index in [1.807, 2.05) is 29.2 Å². The van der Waals surface area contributed by atoms with Gasteiger partial charge in [-0.05, 0) is 56.0 Å². The van der Waals surface area contributed by atoms with Crippen LogP contribution in [0.1, 0.15) is 24.8 Å². The van der Waals surface area contributed by atoms with Crippen molar-refractivity contribution >= 4 is 18.3 Å². The number of nitrogens with one attached hydrogen (secondary N) is 1. The molecule has 2 heterocycles. The van der Waals surface area contributed by atoms with Crippen LogP contribution in [-0.2, 0) is 11.3 Å². The first-order chi connectivity index (χ1) is 11.7. The van der Waals surface area contributed by atoms with E-state index in [0.29, 0.717) is 19.0 Å². The van der Waals surface area contributed by atoms with Gasteiger partial charge in [0.15, 0.2) is 0 Å². The fourth-order valence-corrected chi connectivity index (χ4v) is 3.70. The van der Waals surface area contributed by atoms with Crippen molar-refractivity contribution in [3.05, 3.63) is 29.8 Å². The Morgan fingerprint density at radius 2 is 2.00 bits per heavy atom. The van der Waals surface area contributed by atoms with Gasteiger partial charge in [0.25, 0.3) is 0 Å². The number of benzene rings is 1. The Kier molecular flexibility index (Phi) is 8.00. The first-order valence-corrected chi connectivity index (χ1v) is 9.08. The number of carbonyl (C=O) groups excluding carboxylic acids is 1. The number of rotatable bonds is 5. The Bertz CT molecular complexity index is 532. The fourth-order valence-electron chi connectivity index (χ4n) is 3.70. The number of hydrogen-bond acceptors (Lipinski definition) is 4. The molecule has 0 aromatic heterocycles. The summed E-state index contributed by atoms with van der Waals surface area (Å²) in [6, 6.07) is 8.00. The minimum Gasteiger partial charge on any atom is -0.497 e. The monoisotopic (exact) mass is 367 g/mol. The molecule has 0 bridgehead atoms. The van der Waals surface area contributed by atoms with Gasteiger partial charge in [-0.25, -0.2) is 0 Å². The van der Waals surface area contributed by atoms with Crippen LogP contribution in [0.15, 0.2) is 24.3 Å². The van der Waals surface area contributed by atoms with E-state index in [4.69, 9.17) is 4.74 Å². The molecule has 6 heteroatoms. The smallest absolute Gasteiger partial charge is 0.237 e. The summed E-state index contributed by atoms with van der Waals surface area (Å²) in [6.45, 7) is 6.43. The molecule has 1 aromatic carbocycles. The third-order valence-electron chi connectivity index (χ3n) is 5.06. The third-order valence-corrected chi connectivity index (χ3v) is 5.06. The molecule has 25 heavy (non-hydrogen) atoms. The van der Waals surface area contributed by atoms with E-state index in [9.17, 15) is 4.79 Å². The number of methoxy groups -OCH3 is 1. The highest BCUT2D eigenvalue weighted by molar-refractivity contribution is 5.85. The van der Waals surface area contributed by atoms with Crippen molar-refractivity contribution in [1.82, 2.24) is 15.1 Å². The molecule has 140 valence electrons. The molecule has 0 saturated carbocycles. The Morgan fingerprint density at radius 3 is 2.68 bits per heavy atom. The third kappa shape index (κ3) is 5.87. The predicted molar refractivity (Wildman–Crippen MR) is 102 cm³/mol. The summed E-state index contributed by atoms with van der Waals surface area (Å²) in [5.74, 6) is 1.81. The second-order valence-electron chi connectivity index (χ2n) is 6.96. The van der Waals surface area contributed by atoms with Gasteiger partial charge in [0.05, 0.1) is 13.7 Å². The van der Waals surface area contributed by atoms with Gasteiger partial charge in [0, 0.05) is 26.2 Å². The van der Waals surface area contributed by atoms with Gasteiger partial charge in [-0.15, -0.1) is 12.4 Å². The molecule has 0 spiro atoms. The zero-order valence-electron chi connectivity index (χ0n) is 15.1. The first kappa shape index (κ1) is 20.0. The average Bonchev–Trinajstić information content (AvgIpc) is 2.78. The highest BCUT2D eigenvalue weighted by Crippen LogP contribution is 2.17. The quantitative estimate of drug-likeness (QED) is 0.866. The molecular formula is C19H30ClN3O2. The van der Waals surface area contributed by atoms with Crippen molar-refractivity contribution < 1.29 is 9.53 Å². The van der Waals surface area contributed by atoms with Crippen molar-refractivity contribution in [2.24, 2.45) is 5.92 Å². The van der Waals surface area contributed by atoms with E-state index in [1.54, 1.807) is 7.11 Å². The zero-order chi connectivity index (χ0) is 16.8. The van der Waals surface area contributed by atoms with Crippen LogP contribution in [0, 0.1) is 5.92 Å². The molecule has 1 amide bonds. The van der Waals surface area contributed by atoms with Gasteiger partial charge in [-0.2, -0.15) is 0 Å².